The molecule has 0 fully saturated rings. The van der Waals surface area contributed by atoms with Crippen LogP contribution in [-0.4, -0.2) is 24.8 Å². The summed E-state index contributed by atoms with van der Waals surface area (Å²) in [6.45, 7) is 2.60. The van der Waals surface area contributed by atoms with Crippen molar-refractivity contribution in [3.8, 4) is 5.75 Å². The predicted octanol–water partition coefficient (Wildman–Crippen LogP) is 3.26. The number of halogens is 3. The Hall–Kier alpha value is -3.23. The molecule has 6 nitrogen and oxygen atoms in total. The quantitative estimate of drug-likeness (QED) is 0.530. The van der Waals surface area contributed by atoms with Crippen molar-refractivity contribution < 1.29 is 22.7 Å². The van der Waals surface area contributed by atoms with Crippen molar-refractivity contribution in [1.29, 1.82) is 0 Å². The van der Waals surface area contributed by atoms with Gasteiger partial charge in [-0.05, 0) is 48.9 Å². The molecule has 2 aromatic rings. The lowest BCUT2D eigenvalue weighted by atomic mass is 10.1. The largest absolute Gasteiger partial charge is 0.573 e. The lowest BCUT2D eigenvalue weighted by molar-refractivity contribution is -0.274. The molecule has 1 amide bonds. The molecule has 0 unspecified atom stereocenters. The molecule has 144 valence electrons. The van der Waals surface area contributed by atoms with Gasteiger partial charge in [0.05, 0.1) is 6.54 Å². The third-order valence-electron chi connectivity index (χ3n) is 3.32. The summed E-state index contributed by atoms with van der Waals surface area (Å²) in [5, 5.41) is 5.48. The van der Waals surface area contributed by atoms with E-state index in [-0.39, 0.29) is 24.2 Å². The molecule has 2 rings (SSSR count). The Kier molecular flexibility index (Phi) is 6.64. The number of ether oxygens (including phenoxy) is 1. The highest BCUT2D eigenvalue weighted by molar-refractivity contribution is 5.94. The van der Waals surface area contributed by atoms with Crippen molar-refractivity contribution in [3.05, 3.63) is 59.7 Å². The van der Waals surface area contributed by atoms with Crippen molar-refractivity contribution in [2.75, 3.05) is 11.9 Å². The number of guanidine groups is 1. The van der Waals surface area contributed by atoms with Crippen LogP contribution in [-0.2, 0) is 6.54 Å². The fraction of sp³-hybridized carbons (Fsp3) is 0.222. The smallest absolute Gasteiger partial charge is 0.406 e. The zero-order valence-corrected chi connectivity index (χ0v) is 14.5. The summed E-state index contributed by atoms with van der Waals surface area (Å²) in [5.41, 5.74) is 7.56. The zero-order valence-electron chi connectivity index (χ0n) is 14.5. The molecule has 0 aromatic heterocycles. The maximum absolute atomic E-state index is 12.1. The second kappa shape index (κ2) is 8.93. The molecule has 0 aliphatic rings. The summed E-state index contributed by atoms with van der Waals surface area (Å²) in [5.74, 6) is -0.413. The number of amides is 1. The number of nitrogens with two attached hydrogens (primary N) is 1. The molecule has 9 heteroatoms. The first-order valence-corrected chi connectivity index (χ1v) is 8.06. The first-order valence-electron chi connectivity index (χ1n) is 8.06. The lowest BCUT2D eigenvalue weighted by Gasteiger charge is -2.10. The molecular formula is C18H19F3N4O2. The number of hydrogen-bond donors (Lipinski definition) is 3. The second-order valence-electron chi connectivity index (χ2n) is 5.46. The van der Waals surface area contributed by atoms with E-state index in [0.29, 0.717) is 17.8 Å². The summed E-state index contributed by atoms with van der Waals surface area (Å²) in [6, 6.07) is 12.1. The van der Waals surface area contributed by atoms with Crippen molar-refractivity contribution in [2.45, 2.75) is 19.8 Å². The van der Waals surface area contributed by atoms with E-state index in [1.54, 1.807) is 18.2 Å². The van der Waals surface area contributed by atoms with Crippen LogP contribution < -0.4 is 21.1 Å². The molecule has 0 bridgehead atoms. The third-order valence-corrected chi connectivity index (χ3v) is 3.32. The number of nitrogens with zero attached hydrogens (tertiary/aromatic N) is 1. The Morgan fingerprint density at radius 3 is 2.52 bits per heavy atom. The number of rotatable bonds is 6. The Balaban J connectivity index is 1.96. The standard InChI is InChI=1S/C18H19F3N4O2/c1-2-23-16(26)13-5-3-4-12(10-13)11-24-17(22)25-14-6-8-15(9-7-14)27-18(19,20)21/h3-10H,2,11H2,1H3,(H,23,26)(H3,22,24,25). The third kappa shape index (κ3) is 6.89. The van der Waals surface area contributed by atoms with E-state index in [0.717, 1.165) is 5.56 Å². The van der Waals surface area contributed by atoms with Crippen LogP contribution in [0, 0.1) is 0 Å². The SMILES string of the molecule is CCNC(=O)c1cccc(CN=C(N)Nc2ccc(OC(F)(F)F)cc2)c1. The van der Waals surface area contributed by atoms with Crippen LogP contribution in [0.4, 0.5) is 18.9 Å². The van der Waals surface area contributed by atoms with Crippen LogP contribution in [0.2, 0.25) is 0 Å². The van der Waals surface area contributed by atoms with E-state index in [1.165, 1.54) is 24.3 Å². The number of carbonyl (C=O) groups excluding carboxylic acids is 1. The summed E-state index contributed by atoms with van der Waals surface area (Å²) in [4.78, 5) is 16.0. The number of hydrogen-bond acceptors (Lipinski definition) is 3. The average Bonchev–Trinajstić information content (AvgIpc) is 2.61. The zero-order chi connectivity index (χ0) is 19.9. The molecule has 0 aliphatic heterocycles. The highest BCUT2D eigenvalue weighted by Crippen LogP contribution is 2.23. The molecule has 0 spiro atoms. The molecule has 0 atom stereocenters. The molecule has 0 saturated carbocycles. The van der Waals surface area contributed by atoms with E-state index >= 15 is 0 Å². The van der Waals surface area contributed by atoms with Crippen molar-refractivity contribution in [2.24, 2.45) is 10.7 Å². The summed E-state index contributed by atoms with van der Waals surface area (Å²) in [7, 11) is 0. The molecule has 0 aliphatic carbocycles. The van der Waals surface area contributed by atoms with Gasteiger partial charge in [0.2, 0.25) is 0 Å². The molecule has 2 aromatic carbocycles. The number of nitrogens with one attached hydrogen (secondary N) is 2. The van der Waals surface area contributed by atoms with Crippen LogP contribution in [0.25, 0.3) is 0 Å². The summed E-state index contributed by atoms with van der Waals surface area (Å²) in [6.07, 6.45) is -4.74. The topological polar surface area (TPSA) is 88.7 Å². The number of carbonyl (C=O) groups is 1. The Morgan fingerprint density at radius 1 is 1.19 bits per heavy atom. The van der Waals surface area contributed by atoms with Crippen LogP contribution in [0.1, 0.15) is 22.8 Å². The minimum Gasteiger partial charge on any atom is -0.406 e. The second-order valence-corrected chi connectivity index (χ2v) is 5.46. The summed E-state index contributed by atoms with van der Waals surface area (Å²) < 4.78 is 40.2. The molecular weight excluding hydrogens is 361 g/mol. The normalized spacial score (nSPS) is 11.8. The van der Waals surface area contributed by atoms with Crippen molar-refractivity contribution in [3.63, 3.8) is 0 Å². The highest BCUT2D eigenvalue weighted by Gasteiger charge is 2.30. The number of anilines is 1. The molecule has 0 saturated heterocycles. The minimum atomic E-state index is -4.74. The Morgan fingerprint density at radius 2 is 1.89 bits per heavy atom. The van der Waals surface area contributed by atoms with Gasteiger partial charge in [-0.3, -0.25) is 4.79 Å². The maximum Gasteiger partial charge on any atom is 0.573 e. The van der Waals surface area contributed by atoms with Gasteiger partial charge in [0.1, 0.15) is 5.75 Å². The van der Waals surface area contributed by atoms with Crippen LogP contribution in [0.3, 0.4) is 0 Å². The molecule has 0 heterocycles. The first-order chi connectivity index (χ1) is 12.8. The van der Waals surface area contributed by atoms with Crippen molar-refractivity contribution >= 4 is 17.6 Å². The Bertz CT molecular complexity index is 805. The van der Waals surface area contributed by atoms with Gasteiger partial charge in [-0.15, -0.1) is 13.2 Å². The first kappa shape index (κ1) is 20.1. The fourth-order valence-electron chi connectivity index (χ4n) is 2.18. The van der Waals surface area contributed by atoms with E-state index in [2.05, 4.69) is 20.4 Å². The van der Waals surface area contributed by atoms with Gasteiger partial charge < -0.3 is 21.1 Å². The van der Waals surface area contributed by atoms with E-state index in [1.807, 2.05) is 13.0 Å². The van der Waals surface area contributed by atoms with E-state index < -0.39 is 6.36 Å². The van der Waals surface area contributed by atoms with Gasteiger partial charge in [0.25, 0.3) is 5.91 Å². The molecule has 0 radical (unpaired) electrons. The number of alkyl halides is 3. The monoisotopic (exact) mass is 380 g/mol. The number of benzene rings is 2. The number of aliphatic imine (C=N–C) groups is 1. The van der Waals surface area contributed by atoms with E-state index in [4.69, 9.17) is 5.73 Å². The van der Waals surface area contributed by atoms with Gasteiger partial charge in [0.15, 0.2) is 5.96 Å². The highest BCUT2D eigenvalue weighted by atomic mass is 19.4. The van der Waals surface area contributed by atoms with Gasteiger partial charge in [-0.1, -0.05) is 12.1 Å². The van der Waals surface area contributed by atoms with Gasteiger partial charge in [0, 0.05) is 17.8 Å². The van der Waals surface area contributed by atoms with Crippen LogP contribution in [0.5, 0.6) is 5.75 Å². The fourth-order valence-corrected chi connectivity index (χ4v) is 2.18. The average molecular weight is 380 g/mol. The van der Waals surface area contributed by atoms with Crippen molar-refractivity contribution in [1.82, 2.24) is 5.32 Å². The van der Waals surface area contributed by atoms with Gasteiger partial charge in [-0.2, -0.15) is 0 Å². The van der Waals surface area contributed by atoms with Gasteiger partial charge in [-0.25, -0.2) is 4.99 Å². The lowest BCUT2D eigenvalue weighted by Crippen LogP contribution is -2.23. The maximum atomic E-state index is 12.1. The van der Waals surface area contributed by atoms with Crippen LogP contribution in [0.15, 0.2) is 53.5 Å². The van der Waals surface area contributed by atoms with Gasteiger partial charge >= 0.3 is 6.36 Å². The van der Waals surface area contributed by atoms with Crippen LogP contribution >= 0.6 is 0 Å². The van der Waals surface area contributed by atoms with E-state index in [9.17, 15) is 18.0 Å². The molecule has 27 heavy (non-hydrogen) atoms. The Labute approximate surface area is 154 Å². The predicted molar refractivity (Wildman–Crippen MR) is 96.5 cm³/mol. The minimum absolute atomic E-state index is 0.0860. The molecule has 4 N–H and O–H groups in total. The summed E-state index contributed by atoms with van der Waals surface area (Å²) >= 11 is 0.